The predicted octanol–water partition coefficient (Wildman–Crippen LogP) is 5.46. The van der Waals surface area contributed by atoms with Gasteiger partial charge >= 0.3 is 0 Å². The molecule has 2 aromatic carbocycles. The second-order valence-corrected chi connectivity index (χ2v) is 7.66. The molecular formula is C26H16N6. The van der Waals surface area contributed by atoms with Crippen LogP contribution in [0.2, 0.25) is 0 Å². The Labute approximate surface area is 182 Å². The summed E-state index contributed by atoms with van der Waals surface area (Å²) in [7, 11) is 0. The quantitative estimate of drug-likeness (QED) is 0.378. The molecule has 150 valence electrons. The van der Waals surface area contributed by atoms with E-state index < -0.39 is 0 Å². The summed E-state index contributed by atoms with van der Waals surface area (Å²) >= 11 is 0. The molecule has 0 aliphatic rings. The number of nitrogens with zero attached hydrogens (tertiary/aromatic N) is 6. The van der Waals surface area contributed by atoms with Crippen LogP contribution < -0.4 is 0 Å². The van der Waals surface area contributed by atoms with Gasteiger partial charge in [-0.15, -0.1) is 0 Å². The summed E-state index contributed by atoms with van der Waals surface area (Å²) in [4.78, 5) is 18.7. The van der Waals surface area contributed by atoms with Crippen LogP contribution in [0.4, 0.5) is 0 Å². The molecule has 32 heavy (non-hydrogen) atoms. The van der Waals surface area contributed by atoms with Crippen molar-refractivity contribution < 1.29 is 0 Å². The fourth-order valence-corrected chi connectivity index (χ4v) is 4.66. The van der Waals surface area contributed by atoms with Crippen LogP contribution in [-0.4, -0.2) is 29.1 Å². The van der Waals surface area contributed by atoms with Crippen molar-refractivity contribution in [3.63, 3.8) is 0 Å². The summed E-state index contributed by atoms with van der Waals surface area (Å²) in [5, 5.41) is 3.25. The number of hydrogen-bond acceptors (Lipinski definition) is 4. The van der Waals surface area contributed by atoms with Crippen LogP contribution in [0.5, 0.6) is 0 Å². The highest BCUT2D eigenvalue weighted by atomic mass is 15.2. The lowest BCUT2D eigenvalue weighted by Gasteiger charge is -2.08. The van der Waals surface area contributed by atoms with Crippen molar-refractivity contribution in [1.82, 2.24) is 29.1 Å². The first-order valence-electron chi connectivity index (χ1n) is 10.4. The van der Waals surface area contributed by atoms with Crippen LogP contribution in [0.25, 0.3) is 55.5 Å². The number of pyridine rings is 2. The average Bonchev–Trinajstić information content (AvgIpc) is 3.38. The van der Waals surface area contributed by atoms with E-state index in [1.807, 2.05) is 41.2 Å². The molecule has 6 nitrogen and oxygen atoms in total. The second-order valence-electron chi connectivity index (χ2n) is 7.66. The van der Waals surface area contributed by atoms with Crippen molar-refractivity contribution in [3.05, 3.63) is 97.6 Å². The lowest BCUT2D eigenvalue weighted by molar-refractivity contribution is 0.975. The second kappa shape index (κ2) is 6.46. The van der Waals surface area contributed by atoms with E-state index in [-0.39, 0.29) is 0 Å². The van der Waals surface area contributed by atoms with Crippen LogP contribution in [0, 0.1) is 0 Å². The van der Waals surface area contributed by atoms with Crippen LogP contribution in [0.1, 0.15) is 0 Å². The number of rotatable bonds is 2. The number of fused-ring (bicyclic) bond motifs is 7. The Hall–Kier alpha value is -4.58. The predicted molar refractivity (Wildman–Crippen MR) is 126 cm³/mol. The van der Waals surface area contributed by atoms with Gasteiger partial charge in [-0.3, -0.25) is 9.55 Å². The van der Waals surface area contributed by atoms with Crippen molar-refractivity contribution in [3.8, 4) is 11.6 Å². The maximum Gasteiger partial charge on any atom is 0.235 e. The zero-order valence-electron chi connectivity index (χ0n) is 16.9. The molecule has 0 fully saturated rings. The van der Waals surface area contributed by atoms with Gasteiger partial charge in [-0.1, -0.05) is 36.4 Å². The Morgan fingerprint density at radius 2 is 1.31 bits per heavy atom. The standard InChI is InChI=1S/C26H16N6/c1-2-8-17(9-3-1)31-20-11-5-4-10-18(20)19-16-30-25-22(24(19)31)23-21(12-6-13-27-23)32(25)26-28-14-7-15-29-26/h1-16H. The minimum absolute atomic E-state index is 0.578. The molecular weight excluding hydrogens is 396 g/mol. The summed E-state index contributed by atoms with van der Waals surface area (Å²) in [5.74, 6) is 0.578. The first-order valence-corrected chi connectivity index (χ1v) is 10.4. The molecule has 6 heteroatoms. The van der Waals surface area contributed by atoms with Crippen LogP contribution >= 0.6 is 0 Å². The van der Waals surface area contributed by atoms with E-state index >= 15 is 0 Å². The first-order chi connectivity index (χ1) is 15.9. The van der Waals surface area contributed by atoms with Gasteiger partial charge in [0.1, 0.15) is 5.52 Å². The monoisotopic (exact) mass is 412 g/mol. The fraction of sp³-hybridized carbons (Fsp3) is 0. The minimum atomic E-state index is 0.578. The van der Waals surface area contributed by atoms with Gasteiger partial charge in [-0.25, -0.2) is 15.0 Å². The summed E-state index contributed by atoms with van der Waals surface area (Å²) < 4.78 is 4.29. The van der Waals surface area contributed by atoms with Gasteiger partial charge in [0.2, 0.25) is 5.95 Å². The molecule has 0 N–H and O–H groups in total. The summed E-state index contributed by atoms with van der Waals surface area (Å²) in [6.07, 6.45) is 7.27. The summed E-state index contributed by atoms with van der Waals surface area (Å²) in [6.45, 7) is 0. The van der Waals surface area contributed by atoms with Crippen LogP contribution in [-0.2, 0) is 0 Å². The molecule has 0 unspecified atom stereocenters. The van der Waals surface area contributed by atoms with Crippen molar-refractivity contribution in [2.45, 2.75) is 0 Å². The minimum Gasteiger partial charge on any atom is -0.308 e. The van der Waals surface area contributed by atoms with E-state index in [2.05, 4.69) is 63.1 Å². The first kappa shape index (κ1) is 17.1. The average molecular weight is 412 g/mol. The van der Waals surface area contributed by atoms with Gasteiger partial charge in [0, 0.05) is 41.2 Å². The van der Waals surface area contributed by atoms with Gasteiger partial charge in [-0.05, 0) is 36.4 Å². The molecule has 7 rings (SSSR count). The fourth-order valence-electron chi connectivity index (χ4n) is 4.66. The highest BCUT2D eigenvalue weighted by molar-refractivity contribution is 6.23. The molecule has 5 heterocycles. The summed E-state index contributed by atoms with van der Waals surface area (Å²) in [6, 6.07) is 24.7. The molecule has 0 bridgehead atoms. The van der Waals surface area contributed by atoms with E-state index in [9.17, 15) is 0 Å². The van der Waals surface area contributed by atoms with E-state index in [4.69, 9.17) is 9.97 Å². The third-order valence-electron chi connectivity index (χ3n) is 5.93. The molecule has 0 atom stereocenters. The highest BCUT2D eigenvalue weighted by Crippen LogP contribution is 2.39. The van der Waals surface area contributed by atoms with Gasteiger partial charge in [0.25, 0.3) is 0 Å². The van der Waals surface area contributed by atoms with Gasteiger partial charge in [-0.2, -0.15) is 0 Å². The van der Waals surface area contributed by atoms with E-state index in [0.717, 1.165) is 49.6 Å². The number of para-hydroxylation sites is 2. The molecule has 0 radical (unpaired) electrons. The Morgan fingerprint density at radius 1 is 0.562 bits per heavy atom. The van der Waals surface area contributed by atoms with Crippen molar-refractivity contribution in [1.29, 1.82) is 0 Å². The lowest BCUT2D eigenvalue weighted by Crippen LogP contribution is -2.01. The molecule has 0 saturated heterocycles. The smallest absolute Gasteiger partial charge is 0.235 e. The number of aromatic nitrogens is 6. The molecule has 0 amide bonds. The van der Waals surface area contributed by atoms with Crippen molar-refractivity contribution in [2.75, 3.05) is 0 Å². The summed E-state index contributed by atoms with van der Waals surface area (Å²) in [5.41, 5.74) is 5.92. The molecule has 0 spiro atoms. The Morgan fingerprint density at radius 3 is 2.19 bits per heavy atom. The largest absolute Gasteiger partial charge is 0.308 e. The van der Waals surface area contributed by atoms with E-state index in [0.29, 0.717) is 5.95 Å². The van der Waals surface area contributed by atoms with E-state index in [1.54, 1.807) is 12.4 Å². The van der Waals surface area contributed by atoms with E-state index in [1.165, 1.54) is 0 Å². The molecule has 7 aromatic rings. The molecule has 0 saturated carbocycles. The number of benzene rings is 2. The number of hydrogen-bond donors (Lipinski definition) is 0. The zero-order valence-corrected chi connectivity index (χ0v) is 16.9. The SMILES string of the molecule is c1ccc(-n2c3ccccc3c3cnc4c(c5ncccc5n4-c4ncccn4)c32)cc1. The highest BCUT2D eigenvalue weighted by Gasteiger charge is 2.22. The van der Waals surface area contributed by atoms with Gasteiger partial charge < -0.3 is 4.57 Å². The lowest BCUT2D eigenvalue weighted by atomic mass is 10.1. The normalized spacial score (nSPS) is 11.8. The maximum atomic E-state index is 4.91. The Balaban J connectivity index is 1.77. The topological polar surface area (TPSA) is 61.4 Å². The van der Waals surface area contributed by atoms with Crippen LogP contribution in [0.15, 0.2) is 97.6 Å². The van der Waals surface area contributed by atoms with Crippen LogP contribution in [0.3, 0.4) is 0 Å². The molecule has 0 aliphatic carbocycles. The molecule has 0 aliphatic heterocycles. The van der Waals surface area contributed by atoms with Crippen molar-refractivity contribution in [2.24, 2.45) is 0 Å². The Kier molecular flexibility index (Phi) is 3.46. The third kappa shape index (κ3) is 2.23. The third-order valence-corrected chi connectivity index (χ3v) is 5.93. The van der Waals surface area contributed by atoms with Crippen molar-refractivity contribution >= 4 is 43.9 Å². The molecule has 5 aromatic heterocycles. The zero-order chi connectivity index (χ0) is 21.1. The van der Waals surface area contributed by atoms with Gasteiger partial charge in [0.15, 0.2) is 5.65 Å². The Bertz CT molecular complexity index is 1760. The maximum absolute atomic E-state index is 4.91. The van der Waals surface area contributed by atoms with Gasteiger partial charge in [0.05, 0.1) is 21.9 Å².